The Morgan fingerprint density at radius 3 is 2.07 bits per heavy atom. The lowest BCUT2D eigenvalue weighted by Crippen LogP contribution is -2.17. The van der Waals surface area contributed by atoms with Crippen molar-refractivity contribution in [1.82, 2.24) is 0 Å². The zero-order valence-corrected chi connectivity index (χ0v) is 9.95. The molecule has 0 unspecified atom stereocenters. The number of rotatable bonds is 2. The molecule has 0 N–H and O–H groups in total. The van der Waals surface area contributed by atoms with Crippen LogP contribution in [-0.2, 0) is 0 Å². The predicted molar refractivity (Wildman–Crippen MR) is 66.0 cm³/mol. The molecule has 2 rings (SSSR count). The average molecular weight is 202 g/mol. The van der Waals surface area contributed by atoms with E-state index in [1.165, 1.54) is 25.7 Å². The van der Waals surface area contributed by atoms with Crippen LogP contribution >= 0.6 is 0 Å². The van der Waals surface area contributed by atoms with E-state index in [1.54, 1.807) is 5.56 Å². The fourth-order valence-electron chi connectivity index (χ4n) is 2.84. The molecule has 1 aliphatic carbocycles. The fourth-order valence-corrected chi connectivity index (χ4v) is 2.84. The second-order valence-electron chi connectivity index (χ2n) is 5.27. The quantitative estimate of drug-likeness (QED) is 0.656. The SMILES string of the molecule is CC(C)C1CCC(c2ccccc2)CC1. The Hall–Kier alpha value is -0.780. The van der Waals surface area contributed by atoms with Crippen LogP contribution in [0, 0.1) is 11.8 Å². The molecule has 1 aliphatic rings. The third-order valence-electron chi connectivity index (χ3n) is 3.99. The van der Waals surface area contributed by atoms with Crippen LogP contribution in [0.4, 0.5) is 0 Å². The summed E-state index contributed by atoms with van der Waals surface area (Å²) < 4.78 is 0. The first-order valence-corrected chi connectivity index (χ1v) is 6.32. The lowest BCUT2D eigenvalue weighted by Gasteiger charge is -2.31. The molecule has 0 saturated heterocycles. The average Bonchev–Trinajstić information content (AvgIpc) is 2.30. The van der Waals surface area contributed by atoms with Crippen LogP contribution in [-0.4, -0.2) is 0 Å². The highest BCUT2D eigenvalue weighted by Crippen LogP contribution is 2.38. The summed E-state index contributed by atoms with van der Waals surface area (Å²) in [5.41, 5.74) is 1.56. The minimum absolute atomic E-state index is 0.834. The van der Waals surface area contributed by atoms with Gasteiger partial charge in [0.05, 0.1) is 0 Å². The maximum absolute atomic E-state index is 2.37. The highest BCUT2D eigenvalue weighted by molar-refractivity contribution is 5.19. The zero-order chi connectivity index (χ0) is 10.7. The molecule has 1 fully saturated rings. The largest absolute Gasteiger partial charge is 0.0625 e. The van der Waals surface area contributed by atoms with Gasteiger partial charge in [0.15, 0.2) is 0 Å². The van der Waals surface area contributed by atoms with Gasteiger partial charge in [-0.1, -0.05) is 44.2 Å². The number of hydrogen-bond acceptors (Lipinski definition) is 0. The van der Waals surface area contributed by atoms with Crippen molar-refractivity contribution in [3.63, 3.8) is 0 Å². The van der Waals surface area contributed by atoms with Crippen LogP contribution in [0.5, 0.6) is 0 Å². The Kier molecular flexibility index (Phi) is 3.45. The molecule has 1 aromatic rings. The number of benzene rings is 1. The molecule has 82 valence electrons. The van der Waals surface area contributed by atoms with Gasteiger partial charge in [-0.25, -0.2) is 0 Å². The minimum atomic E-state index is 0.834. The Balaban J connectivity index is 1.94. The molecule has 0 heterocycles. The highest BCUT2D eigenvalue weighted by atomic mass is 14.3. The van der Waals surface area contributed by atoms with Gasteiger partial charge >= 0.3 is 0 Å². The minimum Gasteiger partial charge on any atom is -0.0625 e. The summed E-state index contributed by atoms with van der Waals surface area (Å²) in [4.78, 5) is 0. The van der Waals surface area contributed by atoms with Crippen LogP contribution in [0.3, 0.4) is 0 Å². The van der Waals surface area contributed by atoms with E-state index in [1.807, 2.05) is 0 Å². The molecular formula is C15H22. The van der Waals surface area contributed by atoms with Gasteiger partial charge in [-0.3, -0.25) is 0 Å². The van der Waals surface area contributed by atoms with Gasteiger partial charge in [0.25, 0.3) is 0 Å². The van der Waals surface area contributed by atoms with Gasteiger partial charge in [-0.05, 0) is 49.0 Å². The van der Waals surface area contributed by atoms with Crippen molar-refractivity contribution < 1.29 is 0 Å². The second kappa shape index (κ2) is 4.83. The summed E-state index contributed by atoms with van der Waals surface area (Å²) >= 11 is 0. The van der Waals surface area contributed by atoms with Crippen LogP contribution in [0.25, 0.3) is 0 Å². The summed E-state index contributed by atoms with van der Waals surface area (Å²) in [5.74, 6) is 2.69. The van der Waals surface area contributed by atoms with Crippen LogP contribution in [0.1, 0.15) is 51.0 Å². The number of hydrogen-bond donors (Lipinski definition) is 0. The fraction of sp³-hybridized carbons (Fsp3) is 0.600. The second-order valence-corrected chi connectivity index (χ2v) is 5.27. The third kappa shape index (κ3) is 2.62. The molecule has 0 spiro atoms. The molecule has 0 nitrogen and oxygen atoms in total. The molecule has 0 radical (unpaired) electrons. The van der Waals surface area contributed by atoms with E-state index in [9.17, 15) is 0 Å². The molecule has 0 atom stereocenters. The zero-order valence-electron chi connectivity index (χ0n) is 9.95. The standard InChI is InChI=1S/C15H22/c1-12(2)13-8-10-15(11-9-13)14-6-4-3-5-7-14/h3-7,12-13,15H,8-11H2,1-2H3. The van der Waals surface area contributed by atoms with Crippen molar-refractivity contribution in [2.24, 2.45) is 11.8 Å². The van der Waals surface area contributed by atoms with Crippen LogP contribution in [0.2, 0.25) is 0 Å². The first-order valence-electron chi connectivity index (χ1n) is 6.32. The van der Waals surface area contributed by atoms with Gasteiger partial charge in [0, 0.05) is 0 Å². The van der Waals surface area contributed by atoms with E-state index in [0.29, 0.717) is 0 Å². The van der Waals surface area contributed by atoms with Gasteiger partial charge in [0.1, 0.15) is 0 Å². The van der Waals surface area contributed by atoms with Gasteiger partial charge in [-0.15, -0.1) is 0 Å². The van der Waals surface area contributed by atoms with Crippen molar-refractivity contribution in [3.8, 4) is 0 Å². The molecule has 0 aliphatic heterocycles. The normalized spacial score (nSPS) is 26.9. The summed E-state index contributed by atoms with van der Waals surface area (Å²) in [7, 11) is 0. The van der Waals surface area contributed by atoms with E-state index in [0.717, 1.165) is 17.8 Å². The van der Waals surface area contributed by atoms with E-state index >= 15 is 0 Å². The maximum atomic E-state index is 2.37. The molecular weight excluding hydrogens is 180 g/mol. The van der Waals surface area contributed by atoms with Crippen LogP contribution in [0.15, 0.2) is 30.3 Å². The van der Waals surface area contributed by atoms with Crippen molar-refractivity contribution in [2.45, 2.75) is 45.4 Å². The third-order valence-corrected chi connectivity index (χ3v) is 3.99. The Morgan fingerprint density at radius 1 is 0.933 bits per heavy atom. The Morgan fingerprint density at radius 2 is 1.53 bits per heavy atom. The highest BCUT2D eigenvalue weighted by Gasteiger charge is 2.23. The molecule has 0 heteroatoms. The van der Waals surface area contributed by atoms with Gasteiger partial charge in [0.2, 0.25) is 0 Å². The van der Waals surface area contributed by atoms with E-state index in [2.05, 4.69) is 44.2 Å². The molecule has 15 heavy (non-hydrogen) atoms. The van der Waals surface area contributed by atoms with E-state index in [-0.39, 0.29) is 0 Å². The van der Waals surface area contributed by atoms with E-state index < -0.39 is 0 Å². The monoisotopic (exact) mass is 202 g/mol. The molecule has 1 aromatic carbocycles. The van der Waals surface area contributed by atoms with Crippen molar-refractivity contribution in [3.05, 3.63) is 35.9 Å². The predicted octanol–water partition coefficient (Wildman–Crippen LogP) is 4.62. The summed E-state index contributed by atoms with van der Waals surface area (Å²) in [6.45, 7) is 4.74. The van der Waals surface area contributed by atoms with Crippen LogP contribution < -0.4 is 0 Å². The van der Waals surface area contributed by atoms with E-state index in [4.69, 9.17) is 0 Å². The molecule has 0 aromatic heterocycles. The lowest BCUT2D eigenvalue weighted by atomic mass is 9.75. The Labute approximate surface area is 93.7 Å². The summed E-state index contributed by atoms with van der Waals surface area (Å²) in [6.07, 6.45) is 5.65. The molecule has 0 bridgehead atoms. The van der Waals surface area contributed by atoms with Gasteiger partial charge < -0.3 is 0 Å². The summed E-state index contributed by atoms with van der Waals surface area (Å²) in [5, 5.41) is 0. The summed E-state index contributed by atoms with van der Waals surface area (Å²) in [6, 6.07) is 11.0. The Bertz CT molecular complexity index is 278. The van der Waals surface area contributed by atoms with Crippen molar-refractivity contribution in [2.75, 3.05) is 0 Å². The topological polar surface area (TPSA) is 0 Å². The van der Waals surface area contributed by atoms with Crippen molar-refractivity contribution >= 4 is 0 Å². The molecule has 0 amide bonds. The lowest BCUT2D eigenvalue weighted by molar-refractivity contribution is 0.259. The first-order chi connectivity index (χ1) is 7.27. The van der Waals surface area contributed by atoms with Crippen molar-refractivity contribution in [1.29, 1.82) is 0 Å². The molecule has 1 saturated carbocycles. The maximum Gasteiger partial charge on any atom is -0.0162 e. The van der Waals surface area contributed by atoms with Gasteiger partial charge in [-0.2, -0.15) is 0 Å². The smallest absolute Gasteiger partial charge is 0.0162 e. The first kappa shape index (κ1) is 10.7.